The number of aromatic nitrogens is 1. The Hall–Kier alpha value is -2.44. The molecule has 0 saturated carbocycles. The summed E-state index contributed by atoms with van der Waals surface area (Å²) in [6, 6.07) is 14.2. The van der Waals surface area contributed by atoms with Gasteiger partial charge >= 0.3 is 0 Å². The number of furan rings is 1. The van der Waals surface area contributed by atoms with E-state index in [0.29, 0.717) is 11.5 Å². The average Bonchev–Trinajstić information content (AvgIpc) is 3.15. The van der Waals surface area contributed by atoms with E-state index in [1.54, 1.807) is 36.7 Å². The molecule has 3 rings (SSSR count). The van der Waals surface area contributed by atoms with Crippen molar-refractivity contribution in [3.8, 4) is 11.5 Å². The number of nitrogens with one attached hydrogen (secondary N) is 1. The summed E-state index contributed by atoms with van der Waals surface area (Å²) in [4.78, 5) is 4.55. The third-order valence-corrected chi connectivity index (χ3v) is 5.12. The van der Waals surface area contributed by atoms with Crippen molar-refractivity contribution in [3.05, 3.63) is 72.1 Å². The number of pyridine rings is 1. The molecule has 3 aromatic rings. The number of sulfonamides is 1. The van der Waals surface area contributed by atoms with Crippen molar-refractivity contribution in [1.82, 2.24) is 9.71 Å². The minimum Gasteiger partial charge on any atom is -0.463 e. The van der Waals surface area contributed by atoms with E-state index in [1.165, 1.54) is 0 Å². The van der Waals surface area contributed by atoms with Gasteiger partial charge in [-0.1, -0.05) is 25.1 Å². The highest BCUT2D eigenvalue weighted by Crippen LogP contribution is 2.17. The quantitative estimate of drug-likeness (QED) is 0.745. The lowest BCUT2D eigenvalue weighted by Gasteiger charge is -2.08. The van der Waals surface area contributed by atoms with Gasteiger partial charge in [0.1, 0.15) is 5.69 Å². The van der Waals surface area contributed by atoms with E-state index in [2.05, 4.69) is 9.71 Å². The van der Waals surface area contributed by atoms with Crippen LogP contribution in [0.1, 0.15) is 18.1 Å². The number of benzene rings is 1. The van der Waals surface area contributed by atoms with Crippen molar-refractivity contribution in [3.63, 3.8) is 0 Å². The first kappa shape index (κ1) is 16.4. The third-order valence-electron chi connectivity index (χ3n) is 3.71. The highest BCUT2D eigenvalue weighted by Gasteiger charge is 2.13. The Bertz CT molecular complexity index is 884. The first-order valence-corrected chi connectivity index (χ1v) is 9.14. The smallest absolute Gasteiger partial charge is 0.240 e. The van der Waals surface area contributed by atoms with Crippen LogP contribution in [0.3, 0.4) is 0 Å². The molecule has 0 aliphatic carbocycles. The highest BCUT2D eigenvalue weighted by molar-refractivity contribution is 7.89. The number of nitrogens with zero attached hydrogens (tertiary/aromatic N) is 1. The first-order valence-electron chi connectivity index (χ1n) is 7.66. The van der Waals surface area contributed by atoms with Gasteiger partial charge in [-0.25, -0.2) is 13.1 Å². The van der Waals surface area contributed by atoms with E-state index >= 15 is 0 Å². The molecule has 0 unspecified atom stereocenters. The molecule has 1 aromatic carbocycles. The van der Waals surface area contributed by atoms with Crippen LogP contribution in [0, 0.1) is 0 Å². The maximum absolute atomic E-state index is 12.3. The molecule has 0 aliphatic rings. The molecular weight excluding hydrogens is 324 g/mol. The molecule has 0 radical (unpaired) electrons. The highest BCUT2D eigenvalue weighted by atomic mass is 32.2. The lowest BCUT2D eigenvalue weighted by molar-refractivity contribution is 0.578. The molecule has 0 saturated heterocycles. The maximum Gasteiger partial charge on any atom is 0.240 e. The lowest BCUT2D eigenvalue weighted by atomic mass is 10.2. The third kappa shape index (κ3) is 3.72. The minimum atomic E-state index is -3.53. The molecule has 0 aliphatic heterocycles. The molecule has 2 aromatic heterocycles. The average molecular weight is 342 g/mol. The van der Waals surface area contributed by atoms with Crippen LogP contribution in [-0.2, 0) is 23.0 Å². The van der Waals surface area contributed by atoms with E-state index < -0.39 is 10.0 Å². The Morgan fingerprint density at radius 1 is 1.04 bits per heavy atom. The lowest BCUT2D eigenvalue weighted by Crippen LogP contribution is -2.23. The van der Waals surface area contributed by atoms with Crippen LogP contribution in [0.15, 0.2) is 70.3 Å². The van der Waals surface area contributed by atoms with E-state index in [0.717, 1.165) is 17.5 Å². The summed E-state index contributed by atoms with van der Waals surface area (Å²) in [5.74, 6) is 0.679. The van der Waals surface area contributed by atoms with Crippen molar-refractivity contribution in [1.29, 1.82) is 0 Å². The molecule has 0 amide bonds. The molecule has 0 atom stereocenters. The molecule has 6 heteroatoms. The summed E-state index contributed by atoms with van der Waals surface area (Å²) in [7, 11) is -3.53. The Kier molecular flexibility index (Phi) is 4.78. The van der Waals surface area contributed by atoms with Crippen LogP contribution in [0.2, 0.25) is 0 Å². The fraction of sp³-hybridized carbons (Fsp3) is 0.167. The van der Waals surface area contributed by atoms with Crippen LogP contribution < -0.4 is 4.72 Å². The van der Waals surface area contributed by atoms with Gasteiger partial charge in [-0.3, -0.25) is 4.98 Å². The Balaban J connectivity index is 1.67. The van der Waals surface area contributed by atoms with Gasteiger partial charge in [-0.2, -0.15) is 0 Å². The van der Waals surface area contributed by atoms with Crippen molar-refractivity contribution in [2.45, 2.75) is 24.8 Å². The number of rotatable bonds is 6. The van der Waals surface area contributed by atoms with Crippen molar-refractivity contribution >= 4 is 10.0 Å². The molecular formula is C18H18N2O3S. The van der Waals surface area contributed by atoms with E-state index in [1.807, 2.05) is 31.2 Å². The maximum atomic E-state index is 12.3. The first-order chi connectivity index (χ1) is 11.6. The van der Waals surface area contributed by atoms with Gasteiger partial charge in [0, 0.05) is 12.7 Å². The zero-order valence-corrected chi connectivity index (χ0v) is 14.1. The second kappa shape index (κ2) is 6.98. The minimum absolute atomic E-state index is 0.184. The Morgan fingerprint density at radius 2 is 1.79 bits per heavy atom. The standard InChI is InChI=1S/C18H18N2O3S/c1-2-14-5-8-16(9-6-14)24(21,22)20-13-15-7-10-17(19-12-15)18-4-3-11-23-18/h3-12,20H,2,13H2,1H3. The predicted octanol–water partition coefficient (Wildman–Crippen LogP) is 3.38. The largest absolute Gasteiger partial charge is 0.463 e. The molecule has 124 valence electrons. The molecule has 24 heavy (non-hydrogen) atoms. The Morgan fingerprint density at radius 3 is 2.38 bits per heavy atom. The molecule has 5 nitrogen and oxygen atoms in total. The van der Waals surface area contributed by atoms with Crippen molar-refractivity contribution < 1.29 is 12.8 Å². The SMILES string of the molecule is CCc1ccc(S(=O)(=O)NCc2ccc(-c3ccco3)nc2)cc1. The summed E-state index contributed by atoms with van der Waals surface area (Å²) in [5.41, 5.74) is 2.59. The summed E-state index contributed by atoms with van der Waals surface area (Å²) < 4.78 is 32.5. The normalized spacial score (nSPS) is 11.5. The van der Waals surface area contributed by atoms with Gasteiger partial charge < -0.3 is 4.42 Å². The van der Waals surface area contributed by atoms with Gasteiger partial charge in [0.2, 0.25) is 10.0 Å². The van der Waals surface area contributed by atoms with Gasteiger partial charge in [0.05, 0.1) is 11.2 Å². The van der Waals surface area contributed by atoms with E-state index in [9.17, 15) is 8.42 Å². The topological polar surface area (TPSA) is 72.2 Å². The molecule has 0 fully saturated rings. The second-order valence-electron chi connectivity index (χ2n) is 5.35. The summed E-state index contributed by atoms with van der Waals surface area (Å²) in [6.45, 7) is 2.21. The van der Waals surface area contributed by atoms with Gasteiger partial charge in [0.25, 0.3) is 0 Å². The fourth-order valence-corrected chi connectivity index (χ4v) is 3.28. The van der Waals surface area contributed by atoms with Crippen LogP contribution in [-0.4, -0.2) is 13.4 Å². The molecule has 1 N–H and O–H groups in total. The number of hydrogen-bond donors (Lipinski definition) is 1. The van der Waals surface area contributed by atoms with Crippen molar-refractivity contribution in [2.75, 3.05) is 0 Å². The van der Waals surface area contributed by atoms with Crippen molar-refractivity contribution in [2.24, 2.45) is 0 Å². The van der Waals surface area contributed by atoms with Crippen LogP contribution in [0.4, 0.5) is 0 Å². The number of aryl methyl sites for hydroxylation is 1. The van der Waals surface area contributed by atoms with Crippen LogP contribution in [0.25, 0.3) is 11.5 Å². The molecule has 0 bridgehead atoms. The second-order valence-corrected chi connectivity index (χ2v) is 7.12. The number of hydrogen-bond acceptors (Lipinski definition) is 4. The monoisotopic (exact) mass is 342 g/mol. The summed E-state index contributed by atoms with van der Waals surface area (Å²) in [5, 5.41) is 0. The van der Waals surface area contributed by atoms with Crippen LogP contribution in [0.5, 0.6) is 0 Å². The van der Waals surface area contributed by atoms with Gasteiger partial charge in [-0.05, 0) is 47.9 Å². The predicted molar refractivity (Wildman–Crippen MR) is 91.8 cm³/mol. The van der Waals surface area contributed by atoms with E-state index in [-0.39, 0.29) is 11.4 Å². The zero-order valence-electron chi connectivity index (χ0n) is 13.3. The molecule has 0 spiro atoms. The molecule has 2 heterocycles. The summed E-state index contributed by atoms with van der Waals surface area (Å²) >= 11 is 0. The fourth-order valence-electron chi connectivity index (χ4n) is 2.27. The Labute approximate surface area is 141 Å². The van der Waals surface area contributed by atoms with Crippen LogP contribution >= 0.6 is 0 Å². The van der Waals surface area contributed by atoms with Gasteiger partial charge in [-0.15, -0.1) is 0 Å². The van der Waals surface area contributed by atoms with Gasteiger partial charge in [0.15, 0.2) is 5.76 Å². The zero-order chi connectivity index (χ0) is 17.0. The summed E-state index contributed by atoms with van der Waals surface area (Å²) in [6.07, 6.45) is 4.10. The van der Waals surface area contributed by atoms with E-state index in [4.69, 9.17) is 4.42 Å².